The number of nitrogens with two attached hydrogens (primary N) is 1. The number of amides is 1. The van der Waals surface area contributed by atoms with Crippen LogP contribution in [0.1, 0.15) is 82.1 Å². The molecule has 0 fully saturated rings. The lowest BCUT2D eigenvalue weighted by Crippen LogP contribution is -2.52. The predicted molar refractivity (Wildman–Crippen MR) is 150 cm³/mol. The van der Waals surface area contributed by atoms with Crippen LogP contribution in [0.15, 0.2) is 59.5 Å². The first-order valence-corrected chi connectivity index (χ1v) is 14.1. The smallest absolute Gasteiger partial charge is 0.329 e. The fourth-order valence-electron chi connectivity index (χ4n) is 3.04. The monoisotopic (exact) mass is 552 g/mol. The Kier molecular flexibility index (Phi) is 15.7. The second-order valence-corrected chi connectivity index (χ2v) is 11.2. The molecule has 0 saturated heterocycles. The van der Waals surface area contributed by atoms with Crippen LogP contribution in [-0.2, 0) is 14.9 Å². The van der Waals surface area contributed by atoms with Gasteiger partial charge in [0.1, 0.15) is 5.54 Å². The van der Waals surface area contributed by atoms with Gasteiger partial charge in [0.15, 0.2) is 0 Å². The summed E-state index contributed by atoms with van der Waals surface area (Å²) in [5, 5.41) is 20.5. The number of hydrogen-bond acceptors (Lipinski definition) is 6. The van der Waals surface area contributed by atoms with E-state index in [1.807, 2.05) is 26.8 Å². The van der Waals surface area contributed by atoms with Crippen LogP contribution in [0.2, 0.25) is 0 Å². The first-order valence-electron chi connectivity index (χ1n) is 12.7. The maximum Gasteiger partial charge on any atom is 0.329 e. The molecule has 9 nitrogen and oxygen atoms in total. The second kappa shape index (κ2) is 16.9. The van der Waals surface area contributed by atoms with E-state index in [0.717, 1.165) is 37.7 Å². The zero-order valence-electron chi connectivity index (χ0n) is 23.1. The molecule has 0 aliphatic carbocycles. The van der Waals surface area contributed by atoms with E-state index in [0.29, 0.717) is 12.0 Å². The summed E-state index contributed by atoms with van der Waals surface area (Å²) in [4.78, 5) is 23.2. The Labute approximate surface area is 227 Å². The van der Waals surface area contributed by atoms with E-state index in [1.165, 1.54) is 12.1 Å². The normalized spacial score (nSPS) is 13.9. The quantitative estimate of drug-likeness (QED) is 0.253. The molecule has 0 aromatic heterocycles. The van der Waals surface area contributed by atoms with Crippen molar-refractivity contribution in [3.63, 3.8) is 0 Å². The van der Waals surface area contributed by atoms with Crippen LogP contribution in [0.4, 0.5) is 0 Å². The van der Waals surface area contributed by atoms with Crippen molar-refractivity contribution in [2.45, 2.75) is 89.1 Å². The summed E-state index contributed by atoms with van der Waals surface area (Å²) in [6.07, 6.45) is 5.25. The van der Waals surface area contributed by atoms with Gasteiger partial charge >= 0.3 is 5.97 Å². The standard InChI is InChI=1S/C14H19NO3.C7H17NO.C7H8O3S/c1-3-4-10-14(2,13(17)18)15-12(16)11-8-6-5-7-9-11;1-3-4-5-7(2,8)6-9;1-6-2-4-7(5-3-6)11(8,9)10/h5-9H,3-4,10H2,1-2H3,(H,15,16)(H,17,18);9H,3-6,8H2,1-2H3;2-5H,1H3,(H,8,9,10)/t14-;7-;/m11./s1. The maximum atomic E-state index is 12.0. The third-order valence-corrected chi connectivity index (χ3v) is 6.58. The molecule has 1 amide bonds. The topological polar surface area (TPSA) is 167 Å². The molecule has 2 aromatic rings. The Balaban J connectivity index is 0.000000586. The average molecular weight is 553 g/mol. The minimum absolute atomic E-state index is 0.0666. The molecule has 38 heavy (non-hydrogen) atoms. The third-order valence-electron chi connectivity index (χ3n) is 5.71. The van der Waals surface area contributed by atoms with Crippen molar-refractivity contribution in [2.75, 3.05) is 6.61 Å². The van der Waals surface area contributed by atoms with E-state index >= 15 is 0 Å². The van der Waals surface area contributed by atoms with Crippen molar-refractivity contribution in [3.8, 4) is 0 Å². The molecular formula is C28H44N2O7S. The molecule has 2 rings (SSSR count). The molecule has 6 N–H and O–H groups in total. The van der Waals surface area contributed by atoms with Crippen LogP contribution in [0.5, 0.6) is 0 Å². The van der Waals surface area contributed by atoms with Crippen molar-refractivity contribution >= 4 is 22.0 Å². The van der Waals surface area contributed by atoms with Gasteiger partial charge in [-0.1, -0.05) is 75.4 Å². The van der Waals surface area contributed by atoms with E-state index < -0.39 is 21.6 Å². The Morgan fingerprint density at radius 3 is 1.84 bits per heavy atom. The van der Waals surface area contributed by atoms with Gasteiger partial charge in [-0.05, 0) is 57.9 Å². The third kappa shape index (κ3) is 14.2. The van der Waals surface area contributed by atoms with Crippen molar-refractivity contribution in [2.24, 2.45) is 5.73 Å². The fraction of sp³-hybridized carbons (Fsp3) is 0.500. The zero-order valence-corrected chi connectivity index (χ0v) is 23.9. The zero-order chi connectivity index (χ0) is 29.4. The largest absolute Gasteiger partial charge is 0.480 e. The van der Waals surface area contributed by atoms with E-state index in [1.54, 1.807) is 43.3 Å². The molecule has 2 aromatic carbocycles. The van der Waals surface area contributed by atoms with Gasteiger partial charge in [-0.3, -0.25) is 9.35 Å². The average Bonchev–Trinajstić information content (AvgIpc) is 2.87. The van der Waals surface area contributed by atoms with E-state index in [9.17, 15) is 23.1 Å². The minimum atomic E-state index is -4.02. The lowest BCUT2D eigenvalue weighted by Gasteiger charge is -2.26. The molecule has 214 valence electrons. The number of benzene rings is 2. The van der Waals surface area contributed by atoms with Gasteiger partial charge in [-0.15, -0.1) is 0 Å². The Morgan fingerprint density at radius 1 is 0.921 bits per heavy atom. The minimum Gasteiger partial charge on any atom is -0.480 e. The highest BCUT2D eigenvalue weighted by molar-refractivity contribution is 7.85. The van der Waals surface area contributed by atoms with Gasteiger partial charge in [-0.25, -0.2) is 4.79 Å². The highest BCUT2D eigenvalue weighted by Crippen LogP contribution is 2.15. The first kappa shape index (κ1) is 35.2. The van der Waals surface area contributed by atoms with Crippen LogP contribution < -0.4 is 11.1 Å². The summed E-state index contributed by atoms with van der Waals surface area (Å²) >= 11 is 0. The van der Waals surface area contributed by atoms with Crippen molar-refractivity contribution in [1.82, 2.24) is 5.32 Å². The number of rotatable bonds is 11. The molecule has 0 saturated carbocycles. The van der Waals surface area contributed by atoms with Gasteiger partial charge in [-0.2, -0.15) is 8.42 Å². The number of nitrogens with one attached hydrogen (secondary N) is 1. The van der Waals surface area contributed by atoms with Crippen molar-refractivity contribution < 1.29 is 32.8 Å². The number of carbonyl (C=O) groups is 2. The highest BCUT2D eigenvalue weighted by atomic mass is 32.2. The van der Waals surface area contributed by atoms with E-state index in [2.05, 4.69) is 12.2 Å². The molecule has 0 heterocycles. The van der Waals surface area contributed by atoms with Crippen molar-refractivity contribution in [3.05, 3.63) is 65.7 Å². The Morgan fingerprint density at radius 2 is 1.42 bits per heavy atom. The summed E-state index contributed by atoms with van der Waals surface area (Å²) in [5.74, 6) is -1.35. The molecule has 2 atom stereocenters. The van der Waals surface area contributed by atoms with Crippen LogP contribution in [0, 0.1) is 6.92 Å². The van der Waals surface area contributed by atoms with Gasteiger partial charge < -0.3 is 21.3 Å². The number of hydrogen-bond donors (Lipinski definition) is 5. The Bertz CT molecular complexity index is 1070. The van der Waals surface area contributed by atoms with Gasteiger partial charge in [0.2, 0.25) is 0 Å². The van der Waals surface area contributed by atoms with Crippen LogP contribution >= 0.6 is 0 Å². The number of aliphatic hydroxyl groups excluding tert-OH is 1. The number of aliphatic hydroxyl groups is 1. The summed E-state index contributed by atoms with van der Waals surface area (Å²) in [5.41, 5.74) is 5.52. The van der Waals surface area contributed by atoms with Gasteiger partial charge in [0, 0.05) is 11.1 Å². The second-order valence-electron chi connectivity index (χ2n) is 9.76. The SMILES string of the molecule is CCCC[C@@](C)(N)CO.CCCC[C@@](C)(NC(=O)c1ccccc1)C(=O)O.Cc1ccc(S(=O)(=O)O)cc1. The molecule has 0 aliphatic heterocycles. The van der Waals surface area contributed by atoms with E-state index in [-0.39, 0.29) is 22.9 Å². The number of aryl methyl sites for hydroxylation is 1. The molecule has 0 spiro atoms. The first-order chi connectivity index (χ1) is 17.6. The highest BCUT2D eigenvalue weighted by Gasteiger charge is 2.34. The van der Waals surface area contributed by atoms with Crippen molar-refractivity contribution in [1.29, 1.82) is 0 Å². The number of aliphatic carboxylic acids is 1. The lowest BCUT2D eigenvalue weighted by atomic mass is 9.94. The maximum absolute atomic E-state index is 12.0. The summed E-state index contributed by atoms with van der Waals surface area (Å²) in [6.45, 7) is 9.46. The fourth-order valence-corrected chi connectivity index (χ4v) is 3.52. The predicted octanol–water partition coefficient (Wildman–Crippen LogP) is 4.58. The Hall–Kier alpha value is -2.79. The summed E-state index contributed by atoms with van der Waals surface area (Å²) in [6, 6.07) is 14.6. The molecular weight excluding hydrogens is 508 g/mol. The number of carboxylic acids is 1. The molecule has 0 bridgehead atoms. The van der Waals surface area contributed by atoms with E-state index in [4.69, 9.17) is 15.4 Å². The lowest BCUT2D eigenvalue weighted by molar-refractivity contribution is -0.144. The van der Waals surface area contributed by atoms with Crippen LogP contribution in [-0.4, -0.2) is 52.7 Å². The van der Waals surface area contributed by atoms with Crippen LogP contribution in [0.25, 0.3) is 0 Å². The molecule has 0 unspecified atom stereocenters. The molecule has 0 radical (unpaired) electrons. The molecule has 0 aliphatic rings. The number of carbonyl (C=O) groups excluding carboxylic acids is 1. The number of unbranched alkanes of at least 4 members (excludes halogenated alkanes) is 2. The number of carboxylic acid groups (broad SMARTS) is 1. The summed E-state index contributed by atoms with van der Waals surface area (Å²) in [7, 11) is -4.02. The van der Waals surface area contributed by atoms with Gasteiger partial charge in [0.25, 0.3) is 16.0 Å². The summed E-state index contributed by atoms with van der Waals surface area (Å²) < 4.78 is 29.6. The van der Waals surface area contributed by atoms with Gasteiger partial charge in [0.05, 0.1) is 11.5 Å². The van der Waals surface area contributed by atoms with Crippen LogP contribution in [0.3, 0.4) is 0 Å². The molecule has 10 heteroatoms.